The zero-order chi connectivity index (χ0) is 16.9. The van der Waals surface area contributed by atoms with Crippen LogP contribution in [-0.4, -0.2) is 21.8 Å². The van der Waals surface area contributed by atoms with Gasteiger partial charge in [0.25, 0.3) is 5.91 Å². The van der Waals surface area contributed by atoms with Crippen molar-refractivity contribution in [3.8, 4) is 10.6 Å². The number of nitrogens with one attached hydrogen (secondary N) is 2. The fourth-order valence-electron chi connectivity index (χ4n) is 2.07. The molecule has 7 heteroatoms. The zero-order valence-electron chi connectivity index (χ0n) is 12.8. The summed E-state index contributed by atoms with van der Waals surface area (Å²) >= 11 is 1.38. The molecule has 0 saturated carbocycles. The number of aromatic nitrogens is 2. The van der Waals surface area contributed by atoms with Crippen LogP contribution in [0.4, 0.5) is 11.4 Å². The Morgan fingerprint density at radius 1 is 1.08 bits per heavy atom. The molecule has 0 fully saturated rings. The molecule has 0 saturated heterocycles. The van der Waals surface area contributed by atoms with Gasteiger partial charge in [-0.2, -0.15) is 0 Å². The summed E-state index contributed by atoms with van der Waals surface area (Å²) in [5.74, 6) is -0.472. The van der Waals surface area contributed by atoms with Gasteiger partial charge >= 0.3 is 0 Å². The molecule has 0 radical (unpaired) electrons. The second-order valence-electron chi connectivity index (χ2n) is 5.00. The van der Waals surface area contributed by atoms with Crippen molar-refractivity contribution >= 4 is 34.5 Å². The van der Waals surface area contributed by atoms with Crippen molar-refractivity contribution in [1.82, 2.24) is 9.97 Å². The summed E-state index contributed by atoms with van der Waals surface area (Å²) in [5.41, 5.74) is 2.41. The molecule has 6 nitrogen and oxygen atoms in total. The standard InChI is InChI=1S/C17H14N4O2S/c1-11(22)19-13-5-2-6-14(8-13)20-16(23)15-10-24-17(21-15)12-4-3-7-18-9-12/h2-10H,1H3,(H,19,22)(H,20,23). The summed E-state index contributed by atoms with van der Waals surface area (Å²) in [7, 11) is 0. The number of pyridine rings is 1. The first-order valence-electron chi connectivity index (χ1n) is 7.17. The lowest BCUT2D eigenvalue weighted by atomic mass is 10.2. The molecule has 3 rings (SSSR count). The highest BCUT2D eigenvalue weighted by Crippen LogP contribution is 2.23. The smallest absolute Gasteiger partial charge is 0.275 e. The van der Waals surface area contributed by atoms with Crippen LogP contribution in [0.1, 0.15) is 17.4 Å². The van der Waals surface area contributed by atoms with E-state index < -0.39 is 0 Å². The molecule has 0 unspecified atom stereocenters. The minimum Gasteiger partial charge on any atom is -0.326 e. The molecule has 0 bridgehead atoms. The van der Waals surface area contributed by atoms with Crippen molar-refractivity contribution in [3.63, 3.8) is 0 Å². The minimum atomic E-state index is -0.304. The highest BCUT2D eigenvalue weighted by atomic mass is 32.1. The van der Waals surface area contributed by atoms with Crippen LogP contribution >= 0.6 is 11.3 Å². The molecule has 2 N–H and O–H groups in total. The maximum absolute atomic E-state index is 12.3. The Bertz CT molecular complexity index is 877. The van der Waals surface area contributed by atoms with Crippen molar-refractivity contribution in [2.45, 2.75) is 6.92 Å². The van der Waals surface area contributed by atoms with Gasteiger partial charge in [-0.15, -0.1) is 11.3 Å². The van der Waals surface area contributed by atoms with Crippen LogP contribution in [0.2, 0.25) is 0 Å². The van der Waals surface area contributed by atoms with E-state index in [9.17, 15) is 9.59 Å². The number of benzene rings is 1. The largest absolute Gasteiger partial charge is 0.326 e. The highest BCUT2D eigenvalue weighted by Gasteiger charge is 2.12. The summed E-state index contributed by atoms with van der Waals surface area (Å²) in [4.78, 5) is 31.8. The molecule has 0 aliphatic carbocycles. The summed E-state index contributed by atoms with van der Waals surface area (Å²) in [5, 5.41) is 7.89. The van der Waals surface area contributed by atoms with Crippen LogP contribution in [0.3, 0.4) is 0 Å². The molecular weight excluding hydrogens is 324 g/mol. The van der Waals surface area contributed by atoms with E-state index in [0.717, 1.165) is 10.6 Å². The predicted octanol–water partition coefficient (Wildman–Crippen LogP) is 3.42. The van der Waals surface area contributed by atoms with Gasteiger partial charge in [-0.1, -0.05) is 6.07 Å². The third-order valence-corrected chi connectivity index (χ3v) is 3.98. The molecule has 0 spiro atoms. The van der Waals surface area contributed by atoms with Gasteiger partial charge in [0.2, 0.25) is 5.91 Å². The third-order valence-electron chi connectivity index (χ3n) is 3.09. The number of carbonyl (C=O) groups is 2. The molecule has 24 heavy (non-hydrogen) atoms. The molecule has 2 heterocycles. The average Bonchev–Trinajstić information content (AvgIpc) is 3.05. The lowest BCUT2D eigenvalue weighted by molar-refractivity contribution is -0.114. The van der Waals surface area contributed by atoms with Crippen molar-refractivity contribution < 1.29 is 9.59 Å². The van der Waals surface area contributed by atoms with Crippen LogP contribution in [0.15, 0.2) is 54.2 Å². The number of nitrogens with zero attached hydrogens (tertiary/aromatic N) is 2. The van der Waals surface area contributed by atoms with Crippen LogP contribution in [-0.2, 0) is 4.79 Å². The quantitative estimate of drug-likeness (QED) is 0.763. The summed E-state index contributed by atoms with van der Waals surface area (Å²) in [6.45, 7) is 1.43. The Hall–Kier alpha value is -3.06. The Balaban J connectivity index is 1.74. The number of carbonyl (C=O) groups excluding carboxylic acids is 2. The Morgan fingerprint density at radius 2 is 1.88 bits per heavy atom. The molecular formula is C17H14N4O2S. The SMILES string of the molecule is CC(=O)Nc1cccc(NC(=O)c2csc(-c3cccnc3)n2)c1. The van der Waals surface area contributed by atoms with E-state index in [1.807, 2.05) is 12.1 Å². The van der Waals surface area contributed by atoms with Gasteiger partial charge < -0.3 is 10.6 Å². The molecule has 1 aromatic carbocycles. The third kappa shape index (κ3) is 3.82. The van der Waals surface area contributed by atoms with Gasteiger partial charge in [0, 0.05) is 41.6 Å². The molecule has 0 atom stereocenters. The Kier molecular flexibility index (Phi) is 4.62. The molecule has 2 aromatic heterocycles. The van der Waals surface area contributed by atoms with Gasteiger partial charge in [-0.25, -0.2) is 4.98 Å². The van der Waals surface area contributed by atoms with Crippen molar-refractivity contribution in [2.24, 2.45) is 0 Å². The van der Waals surface area contributed by atoms with Gasteiger partial charge in [0.1, 0.15) is 10.7 Å². The van der Waals surface area contributed by atoms with E-state index in [4.69, 9.17) is 0 Å². The van der Waals surface area contributed by atoms with E-state index in [0.29, 0.717) is 17.1 Å². The average molecular weight is 338 g/mol. The molecule has 0 aliphatic heterocycles. The second-order valence-corrected chi connectivity index (χ2v) is 5.85. The molecule has 120 valence electrons. The Labute approximate surface area is 142 Å². The normalized spacial score (nSPS) is 10.2. The van der Waals surface area contributed by atoms with Gasteiger partial charge in [-0.05, 0) is 30.3 Å². The summed E-state index contributed by atoms with van der Waals surface area (Å²) in [6.07, 6.45) is 3.39. The van der Waals surface area contributed by atoms with Crippen molar-refractivity contribution in [2.75, 3.05) is 10.6 Å². The monoisotopic (exact) mass is 338 g/mol. The Morgan fingerprint density at radius 3 is 2.58 bits per heavy atom. The number of anilines is 2. The number of hydrogen-bond donors (Lipinski definition) is 2. The van der Waals surface area contributed by atoms with E-state index in [1.165, 1.54) is 18.3 Å². The van der Waals surface area contributed by atoms with Crippen LogP contribution < -0.4 is 10.6 Å². The molecule has 3 aromatic rings. The first-order valence-corrected chi connectivity index (χ1v) is 8.05. The first-order chi connectivity index (χ1) is 11.6. The van der Waals surface area contributed by atoms with Crippen LogP contribution in [0.25, 0.3) is 10.6 Å². The highest BCUT2D eigenvalue weighted by molar-refractivity contribution is 7.13. The summed E-state index contributed by atoms with van der Waals surface area (Å²) < 4.78 is 0. The topological polar surface area (TPSA) is 84.0 Å². The lowest BCUT2D eigenvalue weighted by Crippen LogP contribution is -2.13. The fourth-order valence-corrected chi connectivity index (χ4v) is 2.86. The fraction of sp³-hybridized carbons (Fsp3) is 0.0588. The van der Waals surface area contributed by atoms with Crippen LogP contribution in [0, 0.1) is 0 Å². The summed E-state index contributed by atoms with van der Waals surface area (Å²) in [6, 6.07) is 10.7. The zero-order valence-corrected chi connectivity index (χ0v) is 13.6. The maximum Gasteiger partial charge on any atom is 0.275 e. The number of amides is 2. The number of hydrogen-bond acceptors (Lipinski definition) is 5. The van der Waals surface area contributed by atoms with E-state index in [-0.39, 0.29) is 11.8 Å². The second kappa shape index (κ2) is 7.01. The first kappa shape index (κ1) is 15.8. The van der Waals surface area contributed by atoms with E-state index >= 15 is 0 Å². The van der Waals surface area contributed by atoms with E-state index in [1.54, 1.807) is 42.0 Å². The van der Waals surface area contributed by atoms with Crippen molar-refractivity contribution in [1.29, 1.82) is 0 Å². The minimum absolute atomic E-state index is 0.168. The number of thiazole rings is 1. The lowest BCUT2D eigenvalue weighted by Gasteiger charge is -2.06. The van der Waals surface area contributed by atoms with Crippen molar-refractivity contribution in [3.05, 3.63) is 59.9 Å². The number of rotatable bonds is 4. The van der Waals surface area contributed by atoms with E-state index in [2.05, 4.69) is 20.6 Å². The predicted molar refractivity (Wildman–Crippen MR) is 94.0 cm³/mol. The van der Waals surface area contributed by atoms with Gasteiger partial charge in [0.15, 0.2) is 0 Å². The molecule has 2 amide bonds. The maximum atomic E-state index is 12.3. The molecule has 0 aliphatic rings. The van der Waals surface area contributed by atoms with Gasteiger partial charge in [-0.3, -0.25) is 14.6 Å². The van der Waals surface area contributed by atoms with Crippen LogP contribution in [0.5, 0.6) is 0 Å². The van der Waals surface area contributed by atoms with Gasteiger partial charge in [0.05, 0.1) is 0 Å².